The standard InChI is InChI=1S/C48H71N5O8/c1-33(2)44(49-32-54)46(58)51-41(31-38-21-12-9-13-22-38)47(59)53-30-18-25-40(52-53)48(60)61-42(34(3)20-17-27-43(56)50-39-23-14-10-15-24-39)26-16-8-7-11-19-35(4)45(57)36(5)28-29-37(6)55/h7-9,11-13,16-17,20-22,27,32-33,35-36,39-42,44-45,52,57H,10,14-15,18-19,23-26,28-31H2,1-6H3,(H,49,54)(H,50,56)(H,51,58)/b11-7+,16-8+,27-17+,34-20+/t35?,36?,40?,41?,42-,44?,45?/m0/s1. The van der Waals surface area contributed by atoms with E-state index in [-0.39, 0.29) is 41.9 Å². The smallest absolute Gasteiger partial charge is 0.325 e. The van der Waals surface area contributed by atoms with E-state index in [1.54, 1.807) is 32.9 Å². The maximum Gasteiger partial charge on any atom is 0.325 e. The van der Waals surface area contributed by atoms with Crippen molar-refractivity contribution < 1.29 is 38.6 Å². The van der Waals surface area contributed by atoms with Crippen LogP contribution in [0.15, 0.2) is 78.4 Å². The second-order valence-corrected chi connectivity index (χ2v) is 17.1. The molecule has 1 aliphatic carbocycles. The lowest BCUT2D eigenvalue weighted by Crippen LogP contribution is -2.62. The summed E-state index contributed by atoms with van der Waals surface area (Å²) >= 11 is 0. The molecular weight excluding hydrogens is 775 g/mol. The molecule has 61 heavy (non-hydrogen) atoms. The number of hydrogen-bond acceptors (Lipinski definition) is 9. The van der Waals surface area contributed by atoms with Crippen LogP contribution in [0, 0.1) is 17.8 Å². The molecule has 0 bridgehead atoms. The quantitative estimate of drug-likeness (QED) is 0.0375. The van der Waals surface area contributed by atoms with Gasteiger partial charge in [0.25, 0.3) is 5.91 Å². The first-order chi connectivity index (χ1) is 29.2. The fourth-order valence-corrected chi connectivity index (χ4v) is 7.65. The number of ketones is 1. The number of ether oxygens (including phenoxy) is 1. The number of carbonyl (C=O) groups is 6. The molecule has 2 fully saturated rings. The zero-order valence-electron chi connectivity index (χ0n) is 37.1. The number of aliphatic hydroxyl groups is 1. The molecule has 1 aromatic rings. The van der Waals surface area contributed by atoms with E-state index in [1.807, 2.05) is 75.4 Å². The Kier molecular flexibility index (Phi) is 22.5. The third-order valence-corrected chi connectivity index (χ3v) is 11.5. The Labute approximate surface area is 363 Å². The number of aliphatic hydroxyl groups excluding tert-OH is 1. The molecular formula is C48H71N5O8. The van der Waals surface area contributed by atoms with E-state index in [1.165, 1.54) is 17.5 Å². The van der Waals surface area contributed by atoms with Gasteiger partial charge in [-0.05, 0) is 81.3 Å². The number of hydrazine groups is 1. The number of benzene rings is 1. The van der Waals surface area contributed by atoms with E-state index in [0.717, 1.165) is 36.8 Å². The summed E-state index contributed by atoms with van der Waals surface area (Å²) in [4.78, 5) is 76.6. The van der Waals surface area contributed by atoms with Crippen LogP contribution < -0.4 is 21.4 Å². The topological polar surface area (TPSA) is 183 Å². The first-order valence-corrected chi connectivity index (χ1v) is 22.2. The molecule has 0 aromatic heterocycles. The first-order valence-electron chi connectivity index (χ1n) is 22.2. The SMILES string of the molecule is CC(=O)CCC(C)C(O)C(C)C/C=C/C=C/C[C@H](OC(=O)C1CCCN(C(=O)C(Cc2ccccc2)NC(=O)C(NC=O)C(C)C)N1)/C(C)=C/C=C/C(=O)NC1CCCCC1. The second-order valence-electron chi connectivity index (χ2n) is 17.1. The maximum absolute atomic E-state index is 14.1. The van der Waals surface area contributed by atoms with Crippen molar-refractivity contribution in [3.63, 3.8) is 0 Å². The predicted molar refractivity (Wildman–Crippen MR) is 237 cm³/mol. The van der Waals surface area contributed by atoms with Crippen molar-refractivity contribution in [3.05, 3.63) is 84.0 Å². The van der Waals surface area contributed by atoms with Gasteiger partial charge >= 0.3 is 5.97 Å². The van der Waals surface area contributed by atoms with Gasteiger partial charge in [0.1, 0.15) is 30.0 Å². The highest BCUT2D eigenvalue weighted by Crippen LogP contribution is 2.22. The van der Waals surface area contributed by atoms with Gasteiger partial charge in [-0.15, -0.1) is 0 Å². The Bertz CT molecular complexity index is 1690. The van der Waals surface area contributed by atoms with Gasteiger partial charge in [0, 0.05) is 37.9 Å². The van der Waals surface area contributed by atoms with Crippen LogP contribution in [-0.4, -0.2) is 88.9 Å². The third kappa shape index (κ3) is 18.3. The lowest BCUT2D eigenvalue weighted by molar-refractivity contribution is -0.156. The number of rotatable bonds is 24. The first kappa shape index (κ1) is 50.5. The Morgan fingerprint density at radius 1 is 0.902 bits per heavy atom. The summed E-state index contributed by atoms with van der Waals surface area (Å²) in [6.45, 7) is 11.3. The number of hydrogen-bond donors (Lipinski definition) is 5. The second kappa shape index (κ2) is 27.1. The van der Waals surface area contributed by atoms with Crippen LogP contribution in [0.3, 0.4) is 0 Å². The van der Waals surface area contributed by atoms with Crippen molar-refractivity contribution in [2.24, 2.45) is 17.8 Å². The monoisotopic (exact) mass is 846 g/mol. The van der Waals surface area contributed by atoms with Gasteiger partial charge in [0.15, 0.2) is 0 Å². The fourth-order valence-electron chi connectivity index (χ4n) is 7.65. The van der Waals surface area contributed by atoms with Gasteiger partial charge in [-0.25, -0.2) is 5.43 Å². The minimum absolute atomic E-state index is 0.00310. The molecule has 7 atom stereocenters. The fraction of sp³-hybridized carbons (Fsp3) is 0.583. The molecule has 13 heteroatoms. The van der Waals surface area contributed by atoms with Crippen LogP contribution in [0.5, 0.6) is 0 Å². The number of carbonyl (C=O) groups excluding carboxylic acids is 6. The lowest BCUT2D eigenvalue weighted by atomic mass is 9.88. The zero-order chi connectivity index (χ0) is 44.7. The predicted octanol–water partition coefficient (Wildman–Crippen LogP) is 5.74. The Balaban J connectivity index is 1.73. The average molecular weight is 846 g/mol. The summed E-state index contributed by atoms with van der Waals surface area (Å²) in [5, 5.41) is 20.6. The summed E-state index contributed by atoms with van der Waals surface area (Å²) in [6.07, 6.45) is 20.4. The number of nitrogens with one attached hydrogen (secondary N) is 4. The van der Waals surface area contributed by atoms with E-state index in [0.29, 0.717) is 51.5 Å². The van der Waals surface area contributed by atoms with E-state index in [9.17, 15) is 33.9 Å². The van der Waals surface area contributed by atoms with E-state index in [2.05, 4.69) is 21.4 Å². The Morgan fingerprint density at radius 3 is 2.25 bits per heavy atom. The molecule has 6 unspecified atom stereocenters. The maximum atomic E-state index is 14.1. The van der Waals surface area contributed by atoms with Crippen LogP contribution >= 0.6 is 0 Å². The van der Waals surface area contributed by atoms with Crippen LogP contribution in [0.25, 0.3) is 0 Å². The minimum Gasteiger partial charge on any atom is -0.456 e. The average Bonchev–Trinajstić information content (AvgIpc) is 3.24. The Hall–Kier alpha value is -4.88. The normalized spacial score (nSPS) is 19.6. The number of allylic oxidation sites excluding steroid dienone is 5. The molecule has 4 amide bonds. The van der Waals surface area contributed by atoms with E-state index < -0.39 is 48.1 Å². The number of amides is 4. The highest BCUT2D eigenvalue weighted by atomic mass is 16.5. The van der Waals surface area contributed by atoms with Crippen molar-refractivity contribution in [2.45, 2.75) is 155 Å². The summed E-state index contributed by atoms with van der Waals surface area (Å²) in [5.74, 6) is -1.71. The van der Waals surface area contributed by atoms with E-state index in [4.69, 9.17) is 4.74 Å². The van der Waals surface area contributed by atoms with Crippen molar-refractivity contribution in [1.82, 2.24) is 26.4 Å². The molecule has 5 N–H and O–H groups in total. The molecule has 3 rings (SSSR count). The minimum atomic E-state index is -0.980. The van der Waals surface area contributed by atoms with Gasteiger partial charge in [-0.2, -0.15) is 0 Å². The molecule has 2 aliphatic rings. The van der Waals surface area contributed by atoms with Crippen molar-refractivity contribution in [1.29, 1.82) is 0 Å². The molecule has 1 aliphatic heterocycles. The van der Waals surface area contributed by atoms with Crippen molar-refractivity contribution in [3.8, 4) is 0 Å². The van der Waals surface area contributed by atoms with Crippen LogP contribution in [0.2, 0.25) is 0 Å². The summed E-state index contributed by atoms with van der Waals surface area (Å²) in [6, 6.07) is 6.82. The van der Waals surface area contributed by atoms with Gasteiger partial charge in [-0.1, -0.05) is 114 Å². The van der Waals surface area contributed by atoms with Crippen molar-refractivity contribution >= 4 is 35.9 Å². The highest BCUT2D eigenvalue weighted by Gasteiger charge is 2.35. The van der Waals surface area contributed by atoms with Crippen LogP contribution in [0.1, 0.15) is 118 Å². The van der Waals surface area contributed by atoms with Crippen LogP contribution in [0.4, 0.5) is 0 Å². The van der Waals surface area contributed by atoms with Crippen molar-refractivity contribution in [2.75, 3.05) is 6.54 Å². The summed E-state index contributed by atoms with van der Waals surface area (Å²) in [5.41, 5.74) is 4.62. The molecule has 1 saturated carbocycles. The molecule has 1 saturated heterocycles. The zero-order valence-corrected chi connectivity index (χ0v) is 37.1. The lowest BCUT2D eigenvalue weighted by Gasteiger charge is -2.36. The summed E-state index contributed by atoms with van der Waals surface area (Å²) in [7, 11) is 0. The molecule has 1 aromatic carbocycles. The largest absolute Gasteiger partial charge is 0.456 e. The number of Topliss-reactive ketones (excluding diaryl/α,β-unsaturated/α-hetero) is 1. The Morgan fingerprint density at radius 2 is 1.59 bits per heavy atom. The van der Waals surface area contributed by atoms with Gasteiger partial charge in [0.2, 0.25) is 18.2 Å². The molecule has 13 nitrogen and oxygen atoms in total. The van der Waals surface area contributed by atoms with Gasteiger partial charge in [0.05, 0.1) is 6.10 Å². The van der Waals surface area contributed by atoms with E-state index >= 15 is 0 Å². The van der Waals surface area contributed by atoms with Gasteiger partial charge < -0.3 is 30.6 Å². The van der Waals surface area contributed by atoms with Gasteiger partial charge in [-0.3, -0.25) is 29.0 Å². The number of esters is 1. The number of nitrogens with zero attached hydrogens (tertiary/aromatic N) is 1. The molecule has 336 valence electrons. The molecule has 0 spiro atoms. The van der Waals surface area contributed by atoms with Crippen LogP contribution in [-0.2, 0) is 39.9 Å². The molecule has 1 heterocycles. The summed E-state index contributed by atoms with van der Waals surface area (Å²) < 4.78 is 6.12. The molecule has 0 radical (unpaired) electrons. The third-order valence-electron chi connectivity index (χ3n) is 11.5. The highest BCUT2D eigenvalue weighted by molar-refractivity contribution is 5.91.